The second-order valence-corrected chi connectivity index (χ2v) is 4.41. The van der Waals surface area contributed by atoms with Gasteiger partial charge in [0.15, 0.2) is 5.76 Å². The average Bonchev–Trinajstić information content (AvgIpc) is 2.50. The molecule has 5 heteroatoms. The van der Waals surface area contributed by atoms with Crippen LogP contribution in [0.15, 0.2) is 16.8 Å². The summed E-state index contributed by atoms with van der Waals surface area (Å²) in [6, 6.07) is 0. The van der Waals surface area contributed by atoms with Crippen molar-refractivity contribution in [1.29, 1.82) is 0 Å². The quantitative estimate of drug-likeness (QED) is 0.335. The lowest BCUT2D eigenvalue weighted by Gasteiger charge is -2.35. The summed E-state index contributed by atoms with van der Waals surface area (Å²) in [5, 5.41) is 0. The summed E-state index contributed by atoms with van der Waals surface area (Å²) in [6.45, 7) is 7.53. The highest BCUT2D eigenvalue weighted by Gasteiger charge is 2.21. The number of nitrogens with zero attached hydrogens (tertiary/aromatic N) is 3. The standard InChI is InChI=1S/C15H23N3O2/c1-5-13(20-4)12-14(16-7-3)17-8-10-18(11-9-17)15(19)6-2/h1,12H,6-11H2,2-4H3/b13-12+,16-14?. The second-order valence-electron chi connectivity index (χ2n) is 4.41. The van der Waals surface area contributed by atoms with Crippen LogP contribution in [-0.2, 0) is 9.53 Å². The Morgan fingerprint density at radius 2 is 1.90 bits per heavy atom. The summed E-state index contributed by atoms with van der Waals surface area (Å²) in [6.07, 6.45) is 7.70. The van der Waals surface area contributed by atoms with Crippen LogP contribution in [0, 0.1) is 12.3 Å². The zero-order chi connectivity index (χ0) is 15.0. The molecule has 110 valence electrons. The van der Waals surface area contributed by atoms with Crippen molar-refractivity contribution in [3.05, 3.63) is 11.8 Å². The molecule has 1 aliphatic heterocycles. The smallest absolute Gasteiger partial charge is 0.222 e. The van der Waals surface area contributed by atoms with Crippen molar-refractivity contribution in [2.45, 2.75) is 20.3 Å². The van der Waals surface area contributed by atoms with Crippen LogP contribution in [0.2, 0.25) is 0 Å². The summed E-state index contributed by atoms with van der Waals surface area (Å²) in [4.78, 5) is 20.1. The summed E-state index contributed by atoms with van der Waals surface area (Å²) in [5.74, 6) is 3.97. The maximum Gasteiger partial charge on any atom is 0.222 e. The van der Waals surface area contributed by atoms with Gasteiger partial charge >= 0.3 is 0 Å². The fourth-order valence-electron chi connectivity index (χ4n) is 2.08. The van der Waals surface area contributed by atoms with Gasteiger partial charge in [0.25, 0.3) is 0 Å². The summed E-state index contributed by atoms with van der Waals surface area (Å²) < 4.78 is 5.10. The van der Waals surface area contributed by atoms with Crippen molar-refractivity contribution in [2.75, 3.05) is 39.8 Å². The summed E-state index contributed by atoms with van der Waals surface area (Å²) in [5.41, 5.74) is 0. The molecule has 0 bridgehead atoms. The average molecular weight is 277 g/mol. The van der Waals surface area contributed by atoms with Crippen LogP contribution in [0.25, 0.3) is 0 Å². The van der Waals surface area contributed by atoms with Gasteiger partial charge in [-0.3, -0.25) is 9.79 Å². The van der Waals surface area contributed by atoms with E-state index in [2.05, 4.69) is 15.8 Å². The van der Waals surface area contributed by atoms with Crippen LogP contribution < -0.4 is 0 Å². The van der Waals surface area contributed by atoms with Gasteiger partial charge in [-0.05, 0) is 12.8 Å². The van der Waals surface area contributed by atoms with E-state index in [-0.39, 0.29) is 5.91 Å². The van der Waals surface area contributed by atoms with E-state index in [9.17, 15) is 4.79 Å². The molecule has 1 saturated heterocycles. The van der Waals surface area contributed by atoms with Crippen molar-refractivity contribution in [2.24, 2.45) is 4.99 Å². The van der Waals surface area contributed by atoms with Gasteiger partial charge in [-0.1, -0.05) is 6.92 Å². The number of carbonyl (C=O) groups is 1. The van der Waals surface area contributed by atoms with Crippen molar-refractivity contribution < 1.29 is 9.53 Å². The molecule has 0 N–H and O–H groups in total. The Morgan fingerprint density at radius 3 is 2.35 bits per heavy atom. The van der Waals surface area contributed by atoms with Crippen LogP contribution in [0.1, 0.15) is 20.3 Å². The fourth-order valence-corrected chi connectivity index (χ4v) is 2.08. The number of methoxy groups -OCH3 is 1. The van der Waals surface area contributed by atoms with E-state index in [1.807, 2.05) is 18.7 Å². The first-order valence-electron chi connectivity index (χ1n) is 6.95. The Hall–Kier alpha value is -1.96. The minimum Gasteiger partial charge on any atom is -0.488 e. The molecule has 1 heterocycles. The van der Waals surface area contributed by atoms with Crippen molar-refractivity contribution >= 4 is 11.7 Å². The van der Waals surface area contributed by atoms with Crippen LogP contribution in [0.4, 0.5) is 0 Å². The van der Waals surface area contributed by atoms with Gasteiger partial charge in [-0.25, -0.2) is 0 Å². The van der Waals surface area contributed by atoms with Crippen molar-refractivity contribution in [3.8, 4) is 12.3 Å². The zero-order valence-corrected chi connectivity index (χ0v) is 12.6. The van der Waals surface area contributed by atoms with Gasteiger partial charge in [0.1, 0.15) is 5.84 Å². The molecule has 1 fully saturated rings. The monoisotopic (exact) mass is 277 g/mol. The molecule has 0 atom stereocenters. The lowest BCUT2D eigenvalue weighted by atomic mass is 10.2. The van der Waals surface area contributed by atoms with Crippen molar-refractivity contribution in [1.82, 2.24) is 9.80 Å². The molecule has 0 unspecified atom stereocenters. The van der Waals surface area contributed by atoms with Crippen molar-refractivity contribution in [3.63, 3.8) is 0 Å². The van der Waals surface area contributed by atoms with E-state index < -0.39 is 0 Å². The Morgan fingerprint density at radius 1 is 1.30 bits per heavy atom. The number of terminal acetylenes is 1. The molecule has 0 aliphatic carbocycles. The number of amides is 1. The Labute approximate surface area is 121 Å². The second kappa shape index (κ2) is 8.26. The number of piperazine rings is 1. The number of hydrogen-bond donors (Lipinski definition) is 0. The SMILES string of the molecule is C#C/C(=C\C(=NCC)N1CCN(C(=O)CC)CC1)OC. The number of amidine groups is 1. The zero-order valence-electron chi connectivity index (χ0n) is 12.6. The number of ether oxygens (including phenoxy) is 1. The maximum absolute atomic E-state index is 11.7. The maximum atomic E-state index is 11.7. The van der Waals surface area contributed by atoms with Gasteiger partial charge in [0, 0.05) is 45.2 Å². The van der Waals surface area contributed by atoms with Crippen LogP contribution in [0.5, 0.6) is 0 Å². The minimum atomic E-state index is 0.204. The highest BCUT2D eigenvalue weighted by atomic mass is 16.5. The third-order valence-electron chi connectivity index (χ3n) is 3.20. The van der Waals surface area contributed by atoms with E-state index >= 15 is 0 Å². The van der Waals surface area contributed by atoms with Gasteiger partial charge in [0.2, 0.25) is 5.91 Å². The number of allylic oxidation sites excluding steroid dienone is 1. The Bertz CT molecular complexity index is 427. The number of rotatable bonds is 4. The molecule has 5 nitrogen and oxygen atoms in total. The molecule has 1 rings (SSSR count). The Kier molecular flexibility index (Phi) is 6.65. The molecule has 0 aromatic rings. The number of carbonyl (C=O) groups excluding carboxylic acids is 1. The molecule has 1 aliphatic rings. The van der Waals surface area contributed by atoms with E-state index in [0.29, 0.717) is 18.7 Å². The van der Waals surface area contributed by atoms with E-state index in [4.69, 9.17) is 11.2 Å². The molecule has 0 aromatic carbocycles. The van der Waals surface area contributed by atoms with Crippen LogP contribution in [0.3, 0.4) is 0 Å². The third kappa shape index (κ3) is 4.30. The predicted molar refractivity (Wildman–Crippen MR) is 80.3 cm³/mol. The molecule has 0 saturated carbocycles. The molecular formula is C15H23N3O2. The molecule has 0 aromatic heterocycles. The lowest BCUT2D eigenvalue weighted by Crippen LogP contribution is -2.50. The molecule has 0 radical (unpaired) electrons. The molecule has 1 amide bonds. The highest BCUT2D eigenvalue weighted by Crippen LogP contribution is 2.07. The first-order valence-corrected chi connectivity index (χ1v) is 6.95. The van der Waals surface area contributed by atoms with Gasteiger partial charge in [-0.2, -0.15) is 0 Å². The first kappa shape index (κ1) is 16.1. The fraction of sp³-hybridized carbons (Fsp3) is 0.600. The molecule has 20 heavy (non-hydrogen) atoms. The molecule has 0 spiro atoms. The van der Waals surface area contributed by atoms with Gasteiger partial charge in [-0.15, -0.1) is 6.42 Å². The number of aliphatic imine (C=N–C) groups is 1. The predicted octanol–water partition coefficient (Wildman–Crippen LogP) is 1.12. The Balaban J connectivity index is 2.73. The van der Waals surface area contributed by atoms with Crippen LogP contribution in [-0.4, -0.2) is 61.4 Å². The highest BCUT2D eigenvalue weighted by molar-refractivity contribution is 5.94. The van der Waals surface area contributed by atoms with Gasteiger partial charge in [0.05, 0.1) is 7.11 Å². The topological polar surface area (TPSA) is 45.1 Å². The van der Waals surface area contributed by atoms with E-state index in [1.165, 1.54) is 0 Å². The van der Waals surface area contributed by atoms with Gasteiger partial charge < -0.3 is 14.5 Å². The number of hydrogen-bond acceptors (Lipinski definition) is 3. The minimum absolute atomic E-state index is 0.204. The largest absolute Gasteiger partial charge is 0.488 e. The van der Waals surface area contributed by atoms with Crippen LogP contribution >= 0.6 is 0 Å². The van der Waals surface area contributed by atoms with E-state index in [0.717, 1.165) is 32.0 Å². The molecular weight excluding hydrogens is 254 g/mol. The lowest BCUT2D eigenvalue weighted by molar-refractivity contribution is -0.132. The normalized spacial score (nSPS) is 16.9. The van der Waals surface area contributed by atoms with E-state index in [1.54, 1.807) is 13.2 Å². The third-order valence-corrected chi connectivity index (χ3v) is 3.20. The summed E-state index contributed by atoms with van der Waals surface area (Å²) in [7, 11) is 1.55. The first-order chi connectivity index (χ1) is 9.65. The summed E-state index contributed by atoms with van der Waals surface area (Å²) >= 11 is 0.